The van der Waals surface area contributed by atoms with Gasteiger partial charge in [-0.15, -0.1) is 0 Å². The molecule has 0 bridgehead atoms. The highest BCUT2D eigenvalue weighted by Gasteiger charge is 2.12. The van der Waals surface area contributed by atoms with Crippen LogP contribution in [-0.4, -0.2) is 22.9 Å². The molecule has 3 heteroatoms. The standard InChI is InChI=1S/C14H23NO2/c1-10-6-7-13(14(17)9-10)12(3)15-11(2)5-4-8-16/h6-7,9,11-12,15-17H,4-5,8H2,1-3H3. The van der Waals surface area contributed by atoms with E-state index >= 15 is 0 Å². The van der Waals surface area contributed by atoms with Crippen LogP contribution in [0.1, 0.15) is 43.9 Å². The Morgan fingerprint density at radius 1 is 1.29 bits per heavy atom. The molecule has 2 unspecified atom stereocenters. The highest BCUT2D eigenvalue weighted by atomic mass is 16.3. The number of benzene rings is 1. The molecule has 1 aromatic rings. The van der Waals surface area contributed by atoms with Gasteiger partial charge in [0.25, 0.3) is 0 Å². The Labute approximate surface area is 103 Å². The molecule has 0 heterocycles. The number of aliphatic hydroxyl groups is 1. The maximum Gasteiger partial charge on any atom is 0.120 e. The third kappa shape index (κ3) is 4.36. The van der Waals surface area contributed by atoms with Gasteiger partial charge in [0.15, 0.2) is 0 Å². The fraction of sp³-hybridized carbons (Fsp3) is 0.571. The van der Waals surface area contributed by atoms with Crippen molar-refractivity contribution < 1.29 is 10.2 Å². The molecule has 3 nitrogen and oxygen atoms in total. The summed E-state index contributed by atoms with van der Waals surface area (Å²) in [5.41, 5.74) is 1.98. The van der Waals surface area contributed by atoms with E-state index in [9.17, 15) is 5.11 Å². The molecule has 0 aliphatic carbocycles. The minimum atomic E-state index is 0.115. The molecule has 17 heavy (non-hydrogen) atoms. The molecule has 0 saturated heterocycles. The predicted octanol–water partition coefficient (Wildman–Crippen LogP) is 2.51. The Balaban J connectivity index is 2.60. The Kier molecular flexibility index (Phi) is 5.45. The second-order valence-corrected chi connectivity index (χ2v) is 4.72. The van der Waals surface area contributed by atoms with Gasteiger partial charge in [0.1, 0.15) is 5.75 Å². The summed E-state index contributed by atoms with van der Waals surface area (Å²) < 4.78 is 0. The van der Waals surface area contributed by atoms with Gasteiger partial charge in [-0.3, -0.25) is 0 Å². The zero-order valence-corrected chi connectivity index (χ0v) is 10.9. The van der Waals surface area contributed by atoms with E-state index in [1.165, 1.54) is 0 Å². The molecule has 0 spiro atoms. The lowest BCUT2D eigenvalue weighted by Crippen LogP contribution is -2.29. The molecular weight excluding hydrogens is 214 g/mol. The Morgan fingerprint density at radius 3 is 2.59 bits per heavy atom. The second-order valence-electron chi connectivity index (χ2n) is 4.72. The lowest BCUT2D eigenvalue weighted by atomic mass is 10.0. The van der Waals surface area contributed by atoms with Crippen LogP contribution in [0.15, 0.2) is 18.2 Å². The number of phenolic OH excluding ortho intramolecular Hbond substituents is 1. The maximum absolute atomic E-state index is 9.87. The first-order chi connectivity index (χ1) is 8.04. The monoisotopic (exact) mass is 237 g/mol. The van der Waals surface area contributed by atoms with Gasteiger partial charge in [0.05, 0.1) is 0 Å². The lowest BCUT2D eigenvalue weighted by molar-refractivity contribution is 0.274. The van der Waals surface area contributed by atoms with Crippen LogP contribution in [-0.2, 0) is 0 Å². The third-order valence-corrected chi connectivity index (χ3v) is 2.98. The molecule has 1 aromatic carbocycles. The summed E-state index contributed by atoms with van der Waals surface area (Å²) in [6, 6.07) is 6.20. The van der Waals surface area contributed by atoms with Crippen LogP contribution in [0.3, 0.4) is 0 Å². The molecule has 0 fully saturated rings. The normalized spacial score (nSPS) is 14.6. The van der Waals surface area contributed by atoms with Gasteiger partial charge < -0.3 is 15.5 Å². The molecule has 0 aliphatic heterocycles. The van der Waals surface area contributed by atoms with Crippen LogP contribution in [0.4, 0.5) is 0 Å². The van der Waals surface area contributed by atoms with Gasteiger partial charge in [-0.2, -0.15) is 0 Å². The average Bonchev–Trinajstić information content (AvgIpc) is 2.26. The quantitative estimate of drug-likeness (QED) is 0.712. The summed E-state index contributed by atoms with van der Waals surface area (Å²) in [4.78, 5) is 0. The highest BCUT2D eigenvalue weighted by Crippen LogP contribution is 2.25. The molecule has 0 aromatic heterocycles. The van der Waals surface area contributed by atoms with Crippen molar-refractivity contribution in [2.45, 2.75) is 45.7 Å². The molecular formula is C14H23NO2. The summed E-state index contributed by atoms with van der Waals surface area (Å²) in [5.74, 6) is 0.347. The highest BCUT2D eigenvalue weighted by molar-refractivity contribution is 5.37. The van der Waals surface area contributed by atoms with E-state index in [0.717, 1.165) is 24.0 Å². The van der Waals surface area contributed by atoms with E-state index in [1.807, 2.05) is 26.0 Å². The molecule has 3 N–H and O–H groups in total. The summed E-state index contributed by atoms with van der Waals surface area (Å²) >= 11 is 0. The van der Waals surface area contributed by atoms with Crippen molar-refractivity contribution in [3.8, 4) is 5.75 Å². The van der Waals surface area contributed by atoms with Crippen LogP contribution < -0.4 is 5.32 Å². The van der Waals surface area contributed by atoms with Crippen molar-refractivity contribution in [2.24, 2.45) is 0 Å². The first kappa shape index (κ1) is 14.0. The van der Waals surface area contributed by atoms with Crippen molar-refractivity contribution in [1.82, 2.24) is 5.32 Å². The topological polar surface area (TPSA) is 52.5 Å². The predicted molar refractivity (Wildman–Crippen MR) is 70.2 cm³/mol. The van der Waals surface area contributed by atoms with Crippen LogP contribution in [0.5, 0.6) is 5.75 Å². The van der Waals surface area contributed by atoms with Crippen molar-refractivity contribution in [3.05, 3.63) is 29.3 Å². The van der Waals surface area contributed by atoms with Crippen LogP contribution in [0.2, 0.25) is 0 Å². The molecule has 0 saturated carbocycles. The lowest BCUT2D eigenvalue weighted by Gasteiger charge is -2.21. The second kappa shape index (κ2) is 6.62. The summed E-state index contributed by atoms with van der Waals surface area (Å²) in [7, 11) is 0. The van der Waals surface area contributed by atoms with E-state index in [-0.39, 0.29) is 12.6 Å². The first-order valence-electron chi connectivity index (χ1n) is 6.21. The largest absolute Gasteiger partial charge is 0.508 e. The number of hydrogen-bond acceptors (Lipinski definition) is 3. The van der Waals surface area contributed by atoms with E-state index in [2.05, 4.69) is 12.2 Å². The zero-order chi connectivity index (χ0) is 12.8. The van der Waals surface area contributed by atoms with Gasteiger partial charge in [-0.1, -0.05) is 12.1 Å². The van der Waals surface area contributed by atoms with Crippen molar-refractivity contribution in [2.75, 3.05) is 6.61 Å². The van der Waals surface area contributed by atoms with Gasteiger partial charge in [0.2, 0.25) is 0 Å². The van der Waals surface area contributed by atoms with Crippen molar-refractivity contribution in [1.29, 1.82) is 0 Å². The van der Waals surface area contributed by atoms with Gasteiger partial charge >= 0.3 is 0 Å². The van der Waals surface area contributed by atoms with E-state index in [1.54, 1.807) is 6.07 Å². The SMILES string of the molecule is Cc1ccc(C(C)NC(C)CCCO)c(O)c1. The summed E-state index contributed by atoms with van der Waals surface area (Å²) in [5, 5.41) is 22.1. The minimum absolute atomic E-state index is 0.115. The number of rotatable bonds is 6. The summed E-state index contributed by atoms with van der Waals surface area (Å²) in [6.07, 6.45) is 1.74. The molecule has 0 aliphatic rings. The first-order valence-corrected chi connectivity index (χ1v) is 6.21. The fourth-order valence-electron chi connectivity index (χ4n) is 2.02. The molecule has 1 rings (SSSR count). The number of nitrogens with one attached hydrogen (secondary N) is 1. The van der Waals surface area contributed by atoms with Crippen molar-refractivity contribution >= 4 is 0 Å². The van der Waals surface area contributed by atoms with E-state index < -0.39 is 0 Å². The Bertz CT molecular complexity index is 352. The minimum Gasteiger partial charge on any atom is -0.508 e. The van der Waals surface area contributed by atoms with Gasteiger partial charge in [-0.05, 0) is 45.2 Å². The van der Waals surface area contributed by atoms with Crippen LogP contribution >= 0.6 is 0 Å². The van der Waals surface area contributed by atoms with Gasteiger partial charge in [0, 0.05) is 24.3 Å². The molecule has 2 atom stereocenters. The number of aromatic hydroxyl groups is 1. The molecule has 0 radical (unpaired) electrons. The summed E-state index contributed by atoms with van der Waals surface area (Å²) in [6.45, 7) is 6.33. The number of aliphatic hydroxyl groups excluding tert-OH is 1. The van der Waals surface area contributed by atoms with Crippen molar-refractivity contribution in [3.63, 3.8) is 0 Å². The van der Waals surface area contributed by atoms with E-state index in [0.29, 0.717) is 11.8 Å². The number of aryl methyl sites for hydroxylation is 1. The van der Waals surface area contributed by atoms with Gasteiger partial charge in [-0.25, -0.2) is 0 Å². The Hall–Kier alpha value is -1.06. The van der Waals surface area contributed by atoms with Crippen LogP contribution in [0.25, 0.3) is 0 Å². The fourth-order valence-corrected chi connectivity index (χ4v) is 2.02. The third-order valence-electron chi connectivity index (χ3n) is 2.98. The van der Waals surface area contributed by atoms with Crippen LogP contribution in [0, 0.1) is 6.92 Å². The number of hydrogen-bond donors (Lipinski definition) is 3. The average molecular weight is 237 g/mol. The van der Waals surface area contributed by atoms with E-state index in [4.69, 9.17) is 5.11 Å². The maximum atomic E-state index is 9.87. The number of phenols is 1. The zero-order valence-electron chi connectivity index (χ0n) is 10.9. The smallest absolute Gasteiger partial charge is 0.120 e. The Morgan fingerprint density at radius 2 is 2.00 bits per heavy atom. The molecule has 96 valence electrons. The molecule has 0 amide bonds.